The van der Waals surface area contributed by atoms with Crippen LogP contribution >= 0.6 is 11.8 Å². The first-order valence-electron chi connectivity index (χ1n) is 15.1. The molecule has 242 valence electrons. The minimum Gasteiger partial charge on any atom is -0.422 e. The molecule has 0 bridgehead atoms. The maximum atomic E-state index is 12.0. The van der Waals surface area contributed by atoms with Crippen LogP contribution in [0.25, 0.3) is 0 Å². The molecule has 1 aliphatic heterocycles. The zero-order valence-corrected chi connectivity index (χ0v) is 26.4. The Kier molecular flexibility index (Phi) is 19.8. The van der Waals surface area contributed by atoms with E-state index in [-0.39, 0.29) is 37.1 Å². The summed E-state index contributed by atoms with van der Waals surface area (Å²) in [7, 11) is 0. The van der Waals surface area contributed by atoms with Crippen molar-refractivity contribution in [2.24, 2.45) is 0 Å². The molecule has 2 heterocycles. The number of thioether (sulfide) groups is 1. The van der Waals surface area contributed by atoms with E-state index in [1.54, 1.807) is 6.20 Å². The average molecular weight is 630 g/mol. The van der Waals surface area contributed by atoms with Crippen molar-refractivity contribution in [1.82, 2.24) is 20.2 Å². The van der Waals surface area contributed by atoms with Gasteiger partial charge in [0.15, 0.2) is 6.79 Å². The second-order valence-corrected chi connectivity index (χ2v) is 10.9. The maximum absolute atomic E-state index is 12.0. The number of nitrogens with zero attached hydrogens (tertiary/aromatic N) is 2. The van der Waals surface area contributed by atoms with Gasteiger partial charge in [0.2, 0.25) is 5.91 Å². The lowest BCUT2D eigenvalue weighted by Gasteiger charge is -2.14. The molecule has 0 aliphatic carbocycles. The van der Waals surface area contributed by atoms with E-state index < -0.39 is 18.0 Å². The van der Waals surface area contributed by atoms with Gasteiger partial charge in [-0.3, -0.25) is 9.36 Å². The number of allylic oxidation sites excluding steroid dienone is 10. The zero-order chi connectivity index (χ0) is 31.7. The van der Waals surface area contributed by atoms with E-state index in [9.17, 15) is 14.4 Å². The first-order chi connectivity index (χ1) is 21.5. The van der Waals surface area contributed by atoms with Crippen molar-refractivity contribution in [3.8, 4) is 0 Å². The first-order valence-corrected chi connectivity index (χ1v) is 16.2. The van der Waals surface area contributed by atoms with Gasteiger partial charge in [-0.15, -0.1) is 11.8 Å². The van der Waals surface area contributed by atoms with Gasteiger partial charge in [0.1, 0.15) is 17.5 Å². The Morgan fingerprint density at radius 2 is 1.66 bits per heavy atom. The summed E-state index contributed by atoms with van der Waals surface area (Å²) in [5.41, 5.74) is 4.72. The van der Waals surface area contributed by atoms with Gasteiger partial charge in [-0.05, 0) is 51.0 Å². The van der Waals surface area contributed by atoms with Crippen molar-refractivity contribution in [3.63, 3.8) is 0 Å². The van der Waals surface area contributed by atoms with E-state index >= 15 is 0 Å². The highest BCUT2D eigenvalue weighted by Crippen LogP contribution is 2.31. The summed E-state index contributed by atoms with van der Waals surface area (Å²) in [6, 6.07) is 1.53. The van der Waals surface area contributed by atoms with Gasteiger partial charge in [0.25, 0.3) is 0 Å². The molecule has 1 fully saturated rings. The monoisotopic (exact) mass is 629 g/mol. The topological polar surface area (TPSA) is 147 Å². The van der Waals surface area contributed by atoms with E-state index in [4.69, 9.17) is 19.9 Å². The van der Waals surface area contributed by atoms with Gasteiger partial charge in [0.05, 0.1) is 6.61 Å². The lowest BCUT2D eigenvalue weighted by Crippen LogP contribution is -2.35. The van der Waals surface area contributed by atoms with Crippen molar-refractivity contribution >= 4 is 29.6 Å². The second-order valence-electron chi connectivity index (χ2n) is 9.69. The maximum Gasteiger partial charge on any atom is 0.409 e. The highest BCUT2D eigenvalue weighted by atomic mass is 32.2. The molecule has 2 atom stereocenters. The Bertz CT molecular complexity index is 1180. The number of hydrogen-bond donors (Lipinski definition) is 3. The Hall–Kier alpha value is -3.61. The fraction of sp³-hybridized carbons (Fsp3) is 0.500. The summed E-state index contributed by atoms with van der Waals surface area (Å²) in [6.45, 7) is 2.63. The third-order valence-electron chi connectivity index (χ3n) is 6.07. The Labute approximate surface area is 264 Å². The van der Waals surface area contributed by atoms with E-state index in [1.165, 1.54) is 22.4 Å². The smallest absolute Gasteiger partial charge is 0.409 e. The summed E-state index contributed by atoms with van der Waals surface area (Å²) in [5, 5.41) is 5.33. The number of nitrogen functional groups attached to an aromatic ring is 1. The molecule has 2 amide bonds. The van der Waals surface area contributed by atoms with Crippen LogP contribution in [0.1, 0.15) is 64.5 Å². The van der Waals surface area contributed by atoms with Crippen LogP contribution in [0, 0.1) is 0 Å². The van der Waals surface area contributed by atoms with Crippen LogP contribution < -0.4 is 22.1 Å². The number of rotatable bonds is 21. The number of hydrogen-bond acceptors (Lipinski definition) is 9. The van der Waals surface area contributed by atoms with Crippen LogP contribution in [0.5, 0.6) is 0 Å². The van der Waals surface area contributed by atoms with Crippen LogP contribution in [-0.4, -0.2) is 59.2 Å². The highest BCUT2D eigenvalue weighted by Gasteiger charge is 2.28. The van der Waals surface area contributed by atoms with E-state index in [0.29, 0.717) is 18.7 Å². The van der Waals surface area contributed by atoms with Crippen molar-refractivity contribution in [2.45, 2.75) is 70.0 Å². The summed E-state index contributed by atoms with van der Waals surface area (Å²) >= 11 is 1.48. The molecule has 0 radical (unpaired) electrons. The molecule has 1 saturated heterocycles. The van der Waals surface area contributed by atoms with Crippen LogP contribution in [-0.2, 0) is 19.0 Å². The minimum absolute atomic E-state index is 0.0553. The SMILES string of the molecule is CC/C=C\C/C=C\C/C=C\C/C=C\C/C=C\CCCC(=O)NCCNC(=O)OCOC[C@@H]1O[C@H](n2ccc(N)nc2=O)CS1. The predicted octanol–water partition coefficient (Wildman–Crippen LogP) is 5.15. The Morgan fingerprint density at radius 1 is 1.02 bits per heavy atom. The molecule has 0 spiro atoms. The zero-order valence-electron chi connectivity index (χ0n) is 25.6. The van der Waals surface area contributed by atoms with Crippen molar-refractivity contribution in [3.05, 3.63) is 83.5 Å². The van der Waals surface area contributed by atoms with Crippen LogP contribution in [0.2, 0.25) is 0 Å². The first kappa shape index (κ1) is 36.6. The number of nitrogens with one attached hydrogen (secondary N) is 2. The summed E-state index contributed by atoms with van der Waals surface area (Å²) in [6.07, 6.45) is 29.0. The fourth-order valence-corrected chi connectivity index (χ4v) is 4.83. The molecule has 12 heteroatoms. The van der Waals surface area contributed by atoms with Gasteiger partial charge in [0, 0.05) is 31.5 Å². The molecule has 2 rings (SSSR count). The number of anilines is 1. The predicted molar refractivity (Wildman–Crippen MR) is 176 cm³/mol. The molecule has 1 aliphatic rings. The normalized spacial score (nSPS) is 17.1. The van der Waals surface area contributed by atoms with Gasteiger partial charge in [-0.1, -0.05) is 67.7 Å². The van der Waals surface area contributed by atoms with Crippen LogP contribution in [0.15, 0.2) is 77.8 Å². The number of nitrogens with two attached hydrogens (primary N) is 1. The van der Waals surface area contributed by atoms with Gasteiger partial charge in [-0.25, -0.2) is 9.59 Å². The molecule has 0 aromatic carbocycles. The van der Waals surface area contributed by atoms with Gasteiger partial charge < -0.3 is 30.6 Å². The Balaban J connectivity index is 1.38. The number of alkyl carbamates (subject to hydrolysis) is 1. The van der Waals surface area contributed by atoms with Gasteiger partial charge >= 0.3 is 11.8 Å². The molecular formula is C32H47N5O6S. The lowest BCUT2D eigenvalue weighted by molar-refractivity contribution is -0.121. The van der Waals surface area contributed by atoms with E-state index in [1.807, 2.05) is 0 Å². The number of unbranched alkanes of at least 4 members (excludes halogenated alkanes) is 1. The molecule has 11 nitrogen and oxygen atoms in total. The van der Waals surface area contributed by atoms with E-state index in [2.05, 4.69) is 83.3 Å². The molecular weight excluding hydrogens is 582 g/mol. The average Bonchev–Trinajstić information content (AvgIpc) is 3.47. The molecule has 0 unspecified atom stereocenters. The number of carbonyl (C=O) groups is 2. The summed E-state index contributed by atoms with van der Waals surface area (Å²) < 4.78 is 17.5. The van der Waals surface area contributed by atoms with Crippen molar-refractivity contribution < 1.29 is 23.8 Å². The quantitative estimate of drug-likeness (QED) is 0.0954. The number of carbonyl (C=O) groups excluding carboxylic acids is 2. The van der Waals surface area contributed by atoms with Crippen molar-refractivity contribution in [2.75, 3.05) is 38.0 Å². The second kappa shape index (κ2) is 23.8. The van der Waals surface area contributed by atoms with Gasteiger partial charge in [-0.2, -0.15) is 4.98 Å². The van der Waals surface area contributed by atoms with Crippen LogP contribution in [0.3, 0.4) is 0 Å². The number of aromatic nitrogens is 2. The van der Waals surface area contributed by atoms with Crippen molar-refractivity contribution in [1.29, 1.82) is 0 Å². The van der Waals surface area contributed by atoms with Crippen LogP contribution in [0.4, 0.5) is 10.6 Å². The standard InChI is InChI=1S/C32H47N5O6S/c1-2-3-4-5-6-7-8-9-10-11-12-13-14-15-16-17-18-19-28(38)34-21-22-35-32(40)42-26-41-24-30-43-29(25-44-30)37-23-20-27(33)36-31(37)39/h3-4,6-7,9-10,12-13,15-16,20,23,29-30H,2,5,8,11,14,17-19,21-22,24-26H2,1H3,(H,34,38)(H,35,40)(H2,33,36,39)/b4-3-,7-6-,10-9-,13-12-,16-15-/t29-,30+/m0/s1. The largest absolute Gasteiger partial charge is 0.422 e. The highest BCUT2D eigenvalue weighted by molar-refractivity contribution is 8.00. The molecule has 0 saturated carbocycles. The minimum atomic E-state index is -0.644. The number of amides is 2. The third-order valence-corrected chi connectivity index (χ3v) is 7.17. The summed E-state index contributed by atoms with van der Waals surface area (Å²) in [5.74, 6) is 0.651. The molecule has 1 aromatic rings. The fourth-order valence-electron chi connectivity index (χ4n) is 3.82. The Morgan fingerprint density at radius 3 is 2.32 bits per heavy atom. The number of ether oxygens (including phenoxy) is 3. The molecule has 4 N–H and O–H groups in total. The lowest BCUT2D eigenvalue weighted by atomic mass is 10.2. The summed E-state index contributed by atoms with van der Waals surface area (Å²) in [4.78, 5) is 39.4. The molecule has 1 aromatic heterocycles. The van der Waals surface area contributed by atoms with E-state index in [0.717, 1.165) is 44.9 Å². The third kappa shape index (κ3) is 17.5. The molecule has 44 heavy (non-hydrogen) atoms.